The molecule has 1 aromatic carbocycles. The summed E-state index contributed by atoms with van der Waals surface area (Å²) < 4.78 is 0.944. The number of thiophene rings is 1. The van der Waals surface area contributed by atoms with Crippen LogP contribution in [0.4, 0.5) is 10.5 Å². The summed E-state index contributed by atoms with van der Waals surface area (Å²) in [6.07, 6.45) is 1.47. The zero-order valence-electron chi connectivity index (χ0n) is 13.7. The lowest BCUT2D eigenvalue weighted by Crippen LogP contribution is -2.35. The van der Waals surface area contributed by atoms with Gasteiger partial charge < -0.3 is 5.32 Å². The van der Waals surface area contributed by atoms with Crippen LogP contribution in [0.3, 0.4) is 0 Å². The molecule has 0 radical (unpaired) electrons. The van der Waals surface area contributed by atoms with Crippen molar-refractivity contribution in [2.45, 2.75) is 18.9 Å². The van der Waals surface area contributed by atoms with Crippen LogP contribution in [0.25, 0.3) is 10.2 Å². The summed E-state index contributed by atoms with van der Waals surface area (Å²) >= 11 is 2.81. The number of imide groups is 1. The van der Waals surface area contributed by atoms with Crippen LogP contribution in [0, 0.1) is 13.8 Å². The Morgan fingerprint density at radius 3 is 2.80 bits per heavy atom. The second-order valence-electron chi connectivity index (χ2n) is 5.40. The first kappa shape index (κ1) is 17.4. The molecule has 0 fully saturated rings. The molecule has 0 spiro atoms. The van der Waals surface area contributed by atoms with Gasteiger partial charge in [0, 0.05) is 5.69 Å². The van der Waals surface area contributed by atoms with E-state index in [4.69, 9.17) is 0 Å². The third kappa shape index (κ3) is 4.34. The van der Waals surface area contributed by atoms with E-state index >= 15 is 0 Å². The number of rotatable bonds is 4. The summed E-state index contributed by atoms with van der Waals surface area (Å²) in [5.41, 5.74) is 3.72. The van der Waals surface area contributed by atoms with Gasteiger partial charge in [-0.3, -0.25) is 10.1 Å². The molecule has 0 aliphatic heterocycles. The van der Waals surface area contributed by atoms with Crippen molar-refractivity contribution in [3.8, 4) is 0 Å². The molecule has 3 amide bonds. The summed E-state index contributed by atoms with van der Waals surface area (Å²) in [5.74, 6) is -0.278. The van der Waals surface area contributed by atoms with Gasteiger partial charge in [0.25, 0.3) is 0 Å². The lowest BCUT2D eigenvalue weighted by atomic mass is 10.1. The summed E-state index contributed by atoms with van der Waals surface area (Å²) in [4.78, 5) is 32.3. The van der Waals surface area contributed by atoms with Crippen molar-refractivity contribution < 1.29 is 9.59 Å². The lowest BCUT2D eigenvalue weighted by Gasteiger charge is -2.08. The van der Waals surface area contributed by atoms with E-state index in [0.717, 1.165) is 26.4 Å². The molecule has 128 valence electrons. The first-order chi connectivity index (χ1) is 12.0. The summed E-state index contributed by atoms with van der Waals surface area (Å²) in [6, 6.07) is 6.95. The Balaban J connectivity index is 1.54. The van der Waals surface area contributed by atoms with Crippen molar-refractivity contribution in [1.29, 1.82) is 0 Å². The Labute approximate surface area is 153 Å². The van der Waals surface area contributed by atoms with Gasteiger partial charge in [0.05, 0.1) is 16.0 Å². The second kappa shape index (κ2) is 7.62. The van der Waals surface area contributed by atoms with Crippen LogP contribution >= 0.6 is 23.1 Å². The summed E-state index contributed by atoms with van der Waals surface area (Å²) in [5, 5.41) is 7.66. The number of carbonyl (C=O) groups excluding carboxylic acids is 2. The maximum Gasteiger partial charge on any atom is 0.325 e. The van der Waals surface area contributed by atoms with Crippen LogP contribution < -0.4 is 10.6 Å². The van der Waals surface area contributed by atoms with Crippen molar-refractivity contribution in [2.24, 2.45) is 0 Å². The highest BCUT2D eigenvalue weighted by molar-refractivity contribution is 8.00. The number of benzene rings is 1. The lowest BCUT2D eigenvalue weighted by molar-refractivity contribution is -0.117. The number of thioether (sulfide) groups is 1. The number of anilines is 1. The first-order valence-corrected chi connectivity index (χ1v) is 9.38. The number of hydrogen-bond acceptors (Lipinski definition) is 6. The molecule has 2 heterocycles. The van der Waals surface area contributed by atoms with Crippen LogP contribution in [0.5, 0.6) is 0 Å². The molecule has 0 unspecified atom stereocenters. The third-order valence-corrected chi connectivity index (χ3v) is 5.60. The summed E-state index contributed by atoms with van der Waals surface area (Å²) in [7, 11) is 0. The van der Waals surface area contributed by atoms with Crippen LogP contribution in [-0.2, 0) is 4.79 Å². The number of aryl methyl sites for hydroxylation is 2. The summed E-state index contributed by atoms with van der Waals surface area (Å²) in [6.45, 7) is 3.96. The number of amides is 3. The van der Waals surface area contributed by atoms with Crippen LogP contribution in [0.15, 0.2) is 41.0 Å². The topological polar surface area (TPSA) is 84.0 Å². The van der Waals surface area contributed by atoms with Gasteiger partial charge in [0.2, 0.25) is 5.91 Å². The van der Waals surface area contributed by atoms with E-state index in [9.17, 15) is 9.59 Å². The Morgan fingerprint density at radius 2 is 2.00 bits per heavy atom. The number of hydrogen-bond donors (Lipinski definition) is 2. The van der Waals surface area contributed by atoms with Gasteiger partial charge >= 0.3 is 6.03 Å². The van der Waals surface area contributed by atoms with Gasteiger partial charge in [-0.2, -0.15) is 0 Å². The molecule has 3 rings (SSSR count). The standard InChI is InChI=1S/C17H16N4O2S2/c1-10-3-4-12(7-11(10)2)20-17(23)21-14(22)8-25-16-15-13(5-6-24-15)18-9-19-16/h3-7,9H,8H2,1-2H3,(H2,20,21,22,23). The quantitative estimate of drug-likeness (QED) is 0.538. The Hall–Kier alpha value is -2.45. The average molecular weight is 372 g/mol. The Bertz CT molecular complexity index is 939. The second-order valence-corrected chi connectivity index (χ2v) is 7.28. The smallest absolute Gasteiger partial charge is 0.308 e. The number of aromatic nitrogens is 2. The van der Waals surface area contributed by atoms with Gasteiger partial charge in [0.15, 0.2) is 0 Å². The fourth-order valence-corrected chi connectivity index (χ4v) is 3.89. The predicted octanol–water partition coefficient (Wildman–Crippen LogP) is 3.75. The van der Waals surface area contributed by atoms with Crippen LogP contribution in [0.1, 0.15) is 11.1 Å². The number of nitrogens with zero attached hydrogens (tertiary/aromatic N) is 2. The van der Waals surface area contributed by atoms with E-state index in [1.165, 1.54) is 29.4 Å². The van der Waals surface area contributed by atoms with Crippen LogP contribution in [-0.4, -0.2) is 27.7 Å². The van der Waals surface area contributed by atoms with Crippen molar-refractivity contribution in [3.05, 3.63) is 47.1 Å². The van der Waals surface area contributed by atoms with Crippen molar-refractivity contribution in [3.63, 3.8) is 0 Å². The molecule has 0 aliphatic carbocycles. The largest absolute Gasteiger partial charge is 0.325 e. The monoisotopic (exact) mass is 372 g/mol. The number of fused-ring (bicyclic) bond motifs is 1. The molecule has 25 heavy (non-hydrogen) atoms. The molecule has 2 aromatic heterocycles. The SMILES string of the molecule is Cc1ccc(NC(=O)NC(=O)CSc2ncnc3ccsc23)cc1C. The maximum atomic E-state index is 12.0. The molecule has 6 nitrogen and oxygen atoms in total. The Kier molecular flexibility index (Phi) is 5.30. The first-order valence-electron chi connectivity index (χ1n) is 7.52. The predicted molar refractivity (Wildman–Crippen MR) is 101 cm³/mol. The fourth-order valence-electron chi connectivity index (χ4n) is 2.15. The highest BCUT2D eigenvalue weighted by Gasteiger charge is 2.11. The normalized spacial score (nSPS) is 10.6. The van der Waals surface area contributed by atoms with E-state index in [0.29, 0.717) is 5.69 Å². The Morgan fingerprint density at radius 1 is 1.16 bits per heavy atom. The molecule has 0 saturated carbocycles. The number of nitrogens with one attached hydrogen (secondary N) is 2. The van der Waals surface area contributed by atoms with E-state index < -0.39 is 6.03 Å². The minimum Gasteiger partial charge on any atom is -0.308 e. The van der Waals surface area contributed by atoms with Gasteiger partial charge in [-0.25, -0.2) is 14.8 Å². The van der Waals surface area contributed by atoms with E-state index in [2.05, 4.69) is 20.6 Å². The van der Waals surface area contributed by atoms with Crippen molar-refractivity contribution in [1.82, 2.24) is 15.3 Å². The molecule has 0 atom stereocenters. The number of urea groups is 1. The third-order valence-electron chi connectivity index (χ3n) is 3.57. The molecule has 0 bridgehead atoms. The molecular weight excluding hydrogens is 356 g/mol. The molecular formula is C17H16N4O2S2. The zero-order valence-corrected chi connectivity index (χ0v) is 15.3. The minimum absolute atomic E-state index is 0.102. The highest BCUT2D eigenvalue weighted by atomic mass is 32.2. The van der Waals surface area contributed by atoms with Gasteiger partial charge in [0.1, 0.15) is 11.4 Å². The minimum atomic E-state index is -0.544. The zero-order chi connectivity index (χ0) is 17.8. The van der Waals surface area contributed by atoms with Gasteiger partial charge in [-0.1, -0.05) is 17.8 Å². The maximum absolute atomic E-state index is 12.0. The van der Waals surface area contributed by atoms with E-state index in [1.807, 2.05) is 37.4 Å². The average Bonchev–Trinajstić information content (AvgIpc) is 3.05. The van der Waals surface area contributed by atoms with Gasteiger partial charge in [-0.15, -0.1) is 11.3 Å². The van der Waals surface area contributed by atoms with E-state index in [-0.39, 0.29) is 11.7 Å². The van der Waals surface area contributed by atoms with E-state index in [1.54, 1.807) is 6.07 Å². The fraction of sp³-hybridized carbons (Fsp3) is 0.176. The van der Waals surface area contributed by atoms with Crippen molar-refractivity contribution >= 4 is 50.9 Å². The molecule has 8 heteroatoms. The van der Waals surface area contributed by atoms with Crippen LogP contribution in [0.2, 0.25) is 0 Å². The molecule has 3 aromatic rings. The number of carbonyl (C=O) groups is 2. The van der Waals surface area contributed by atoms with Gasteiger partial charge in [-0.05, 0) is 48.6 Å². The molecule has 2 N–H and O–H groups in total. The highest BCUT2D eigenvalue weighted by Crippen LogP contribution is 2.28. The van der Waals surface area contributed by atoms with Crippen molar-refractivity contribution in [2.75, 3.05) is 11.1 Å². The molecule has 0 saturated heterocycles. The molecule has 0 aliphatic rings.